The second kappa shape index (κ2) is 16.3. The number of halogens is 6. The first-order valence-corrected chi connectivity index (χ1v) is 14.4. The third kappa shape index (κ3) is 10.2. The summed E-state index contributed by atoms with van der Waals surface area (Å²) in [5.41, 5.74) is -0.764. The Kier molecular flexibility index (Phi) is 15.1. The molecule has 17 heteroatoms. The van der Waals surface area contributed by atoms with Gasteiger partial charge in [0, 0.05) is 30.2 Å². The van der Waals surface area contributed by atoms with E-state index in [2.05, 4.69) is 4.74 Å². The fourth-order valence-corrected chi connectivity index (χ4v) is 5.59. The maximum atomic E-state index is 12.7. The summed E-state index contributed by atoms with van der Waals surface area (Å²) in [6.45, 7) is -2.47. The maximum Gasteiger partial charge on any atom is 1.00 e. The molecule has 0 heterocycles. The van der Waals surface area contributed by atoms with Crippen LogP contribution in [0.15, 0.2) is 29.2 Å². The van der Waals surface area contributed by atoms with Crippen LogP contribution >= 0.6 is 34.8 Å². The summed E-state index contributed by atoms with van der Waals surface area (Å²) in [5, 5.41) is 8.65. The molecule has 3 rings (SSSR count). The Morgan fingerprint density at radius 2 is 1.60 bits per heavy atom. The third-order valence-electron chi connectivity index (χ3n) is 5.61. The van der Waals surface area contributed by atoms with E-state index in [9.17, 15) is 40.8 Å². The number of carbonyl (C=O) groups excluding carboxylic acids is 3. The SMILES string of the molecule is COc1c(Cl)ccc(Cl)c1C(=O)O.CS(=O)(=O)c1ccc(C(=O)C2C(=O)CCCC2=O)c(Cl)c1COCC(F)(F)F.[H-].[K+]. The van der Waals surface area contributed by atoms with Gasteiger partial charge in [-0.05, 0) is 30.7 Å². The molecule has 1 aliphatic carbocycles. The number of rotatable bonds is 8. The third-order valence-corrected chi connectivity index (χ3v) is 7.83. The van der Waals surface area contributed by atoms with Crippen molar-refractivity contribution in [3.63, 3.8) is 0 Å². The molecule has 1 fully saturated rings. The Balaban J connectivity index is 0.000000994. The van der Waals surface area contributed by atoms with Gasteiger partial charge in [-0.25, -0.2) is 13.2 Å². The molecule has 226 valence electrons. The molecule has 2 aromatic carbocycles. The van der Waals surface area contributed by atoms with Crippen molar-refractivity contribution in [2.24, 2.45) is 5.92 Å². The molecule has 0 aromatic heterocycles. The quantitative estimate of drug-likeness (QED) is 0.250. The Morgan fingerprint density at radius 3 is 2.05 bits per heavy atom. The standard InChI is InChI=1S/C17H16ClF3O6S.C8H6Cl2O3.K.H/c1-28(25,26)13-6-5-9(15(18)10(13)7-27-8-17(19,20)21)16(24)14-11(22)3-2-4-12(14)23;1-13-7-5(10)3-2-4(9)6(7)8(11)12;;/h5-6,14H,2-4,7-8H2,1H3;2-3H,1H3,(H,11,12);;/q;;+1;-1. The van der Waals surface area contributed by atoms with Gasteiger partial charge in [-0.15, -0.1) is 0 Å². The van der Waals surface area contributed by atoms with Crippen molar-refractivity contribution < 1.29 is 108 Å². The van der Waals surface area contributed by atoms with Crippen molar-refractivity contribution in [3.8, 4) is 5.75 Å². The minimum atomic E-state index is -4.65. The number of hydrogen-bond donors (Lipinski definition) is 1. The van der Waals surface area contributed by atoms with Gasteiger partial charge in [-0.3, -0.25) is 14.4 Å². The van der Waals surface area contributed by atoms with Crippen LogP contribution in [0, 0.1) is 5.92 Å². The van der Waals surface area contributed by atoms with Gasteiger partial charge in [0.05, 0.1) is 33.7 Å². The molecule has 0 radical (unpaired) electrons. The number of sulfone groups is 1. The van der Waals surface area contributed by atoms with Crippen LogP contribution in [0.1, 0.15) is 47.0 Å². The summed E-state index contributed by atoms with van der Waals surface area (Å²) in [6, 6.07) is 4.94. The van der Waals surface area contributed by atoms with Crippen LogP contribution in [0.4, 0.5) is 13.2 Å². The number of benzene rings is 2. The summed E-state index contributed by atoms with van der Waals surface area (Å²) >= 11 is 17.5. The minimum Gasteiger partial charge on any atom is -1.00 e. The van der Waals surface area contributed by atoms with Crippen molar-refractivity contribution in [1.29, 1.82) is 0 Å². The van der Waals surface area contributed by atoms with Gasteiger partial charge >= 0.3 is 63.5 Å². The first-order valence-electron chi connectivity index (χ1n) is 11.4. The Morgan fingerprint density at radius 1 is 1.05 bits per heavy atom. The topological polar surface area (TPSA) is 141 Å². The second-order valence-corrected chi connectivity index (χ2v) is 11.8. The van der Waals surface area contributed by atoms with E-state index in [1.54, 1.807) is 0 Å². The first-order chi connectivity index (χ1) is 18.9. The van der Waals surface area contributed by atoms with Crippen LogP contribution < -0.4 is 56.1 Å². The van der Waals surface area contributed by atoms with Gasteiger partial charge in [0.2, 0.25) is 0 Å². The first kappa shape index (κ1) is 39.0. The number of ketones is 3. The van der Waals surface area contributed by atoms with Gasteiger partial charge < -0.3 is 16.0 Å². The molecule has 0 unspecified atom stereocenters. The smallest absolute Gasteiger partial charge is 1.00 e. The molecular weight excluding hydrogens is 679 g/mol. The normalized spacial score (nSPS) is 14.0. The number of carboxylic acids is 1. The molecule has 0 atom stereocenters. The average Bonchev–Trinajstić information content (AvgIpc) is 2.84. The molecule has 1 saturated carbocycles. The van der Waals surface area contributed by atoms with Crippen molar-refractivity contribution in [2.75, 3.05) is 20.0 Å². The van der Waals surface area contributed by atoms with Crippen molar-refractivity contribution >= 4 is 68.0 Å². The fourth-order valence-electron chi connectivity index (χ4n) is 3.83. The monoisotopic (exact) mass is 700 g/mol. The van der Waals surface area contributed by atoms with Crippen molar-refractivity contribution in [2.45, 2.75) is 36.9 Å². The van der Waals surface area contributed by atoms with Crippen LogP contribution in [0.25, 0.3) is 0 Å². The number of methoxy groups -OCH3 is 1. The molecule has 0 aliphatic heterocycles. The summed E-state index contributed by atoms with van der Waals surface area (Å²) < 4.78 is 70.1. The van der Waals surface area contributed by atoms with E-state index < -0.39 is 68.4 Å². The van der Waals surface area contributed by atoms with Crippen molar-refractivity contribution in [1.82, 2.24) is 0 Å². The predicted octanol–water partition coefficient (Wildman–Crippen LogP) is 2.76. The molecule has 1 aliphatic rings. The molecule has 0 amide bonds. The molecule has 0 spiro atoms. The summed E-state index contributed by atoms with van der Waals surface area (Å²) in [5.74, 6) is -4.67. The Labute approximate surface area is 297 Å². The molecule has 9 nitrogen and oxygen atoms in total. The van der Waals surface area contributed by atoms with Crippen LogP contribution in [0.2, 0.25) is 15.1 Å². The second-order valence-electron chi connectivity index (χ2n) is 8.61. The van der Waals surface area contributed by atoms with E-state index in [1.807, 2.05) is 0 Å². The van der Waals surface area contributed by atoms with Gasteiger partial charge in [0.1, 0.15) is 18.1 Å². The summed E-state index contributed by atoms with van der Waals surface area (Å²) in [4.78, 5) is 47.0. The number of Topliss-reactive ketones (excluding diaryl/α,β-unsaturated/α-hetero) is 3. The molecule has 2 aromatic rings. The molecule has 42 heavy (non-hydrogen) atoms. The number of aromatic carboxylic acids is 1. The average molecular weight is 702 g/mol. The Hall–Kier alpha value is -1.07. The number of carboxylic acid groups (broad SMARTS) is 1. The zero-order valence-electron chi connectivity index (χ0n) is 23.3. The number of alkyl halides is 3. The maximum absolute atomic E-state index is 12.7. The number of hydrogen-bond acceptors (Lipinski definition) is 8. The van der Waals surface area contributed by atoms with E-state index >= 15 is 0 Å². The number of ether oxygens (including phenoxy) is 2. The van der Waals surface area contributed by atoms with E-state index in [1.165, 1.54) is 19.2 Å². The summed E-state index contributed by atoms with van der Waals surface area (Å²) in [7, 11) is -2.56. The van der Waals surface area contributed by atoms with Gasteiger partial charge in [0.25, 0.3) is 0 Å². The van der Waals surface area contributed by atoms with E-state index in [4.69, 9.17) is 44.6 Å². The number of carbonyl (C=O) groups is 4. The van der Waals surface area contributed by atoms with Crippen LogP contribution in [-0.2, 0) is 30.8 Å². The summed E-state index contributed by atoms with van der Waals surface area (Å²) in [6.07, 6.45) is -3.40. The molecule has 0 bridgehead atoms. The van der Waals surface area contributed by atoms with Gasteiger partial charge in [0.15, 0.2) is 32.9 Å². The van der Waals surface area contributed by atoms with Gasteiger partial charge in [-0.1, -0.05) is 34.8 Å². The fraction of sp³-hybridized carbons (Fsp3) is 0.360. The van der Waals surface area contributed by atoms with Crippen molar-refractivity contribution in [3.05, 3.63) is 56.0 Å². The largest absolute Gasteiger partial charge is 1.00 e. The Bertz CT molecular complexity index is 1470. The van der Waals surface area contributed by atoms with Gasteiger partial charge in [-0.2, -0.15) is 13.2 Å². The molecule has 1 N–H and O–H groups in total. The zero-order valence-corrected chi connectivity index (χ0v) is 28.5. The van der Waals surface area contributed by atoms with Crippen LogP contribution in [0.3, 0.4) is 0 Å². The molecular formula is C25H23Cl3F3KO9S. The molecule has 0 saturated heterocycles. The van der Waals surface area contributed by atoms with Crippen LogP contribution in [0.5, 0.6) is 5.75 Å². The zero-order chi connectivity index (χ0) is 31.3. The van der Waals surface area contributed by atoms with E-state index in [-0.39, 0.29) is 98.1 Å². The van der Waals surface area contributed by atoms with E-state index in [0.29, 0.717) is 6.42 Å². The van der Waals surface area contributed by atoms with E-state index in [0.717, 1.165) is 18.4 Å². The van der Waals surface area contributed by atoms with Crippen LogP contribution in [-0.4, -0.2) is 63.0 Å². The predicted molar refractivity (Wildman–Crippen MR) is 143 cm³/mol. The minimum absolute atomic E-state index is 0.